The summed E-state index contributed by atoms with van der Waals surface area (Å²) < 4.78 is 33.5. The molecule has 2 heterocycles. The third-order valence-electron chi connectivity index (χ3n) is 3.34. The van der Waals surface area contributed by atoms with Crippen molar-refractivity contribution in [1.29, 1.82) is 0 Å². The van der Waals surface area contributed by atoms with E-state index in [-0.39, 0.29) is 12.2 Å². The first-order chi connectivity index (χ1) is 8.89. The fraction of sp³-hybridized carbons (Fsp3) is 0.833. The molecule has 2 rings (SSSR count). The lowest BCUT2D eigenvalue weighted by Crippen LogP contribution is -2.47. The predicted octanol–water partition coefficient (Wildman–Crippen LogP) is 0.797. The molecule has 0 spiro atoms. The lowest BCUT2D eigenvalue weighted by molar-refractivity contribution is -0.0172. The van der Waals surface area contributed by atoms with Crippen LogP contribution in [0.4, 0.5) is 0 Å². The third kappa shape index (κ3) is 3.40. The minimum Gasteiger partial charge on any atom is -0.375 e. The molecule has 110 valence electrons. The van der Waals surface area contributed by atoms with Gasteiger partial charge in [0, 0.05) is 32.5 Å². The zero-order chi connectivity index (χ0) is 14.0. The van der Waals surface area contributed by atoms with E-state index in [1.165, 1.54) is 4.31 Å². The fourth-order valence-electron chi connectivity index (χ4n) is 2.38. The summed E-state index contributed by atoms with van der Waals surface area (Å²) in [7, 11) is -1.51. The number of rotatable bonds is 4. The summed E-state index contributed by atoms with van der Waals surface area (Å²) in [6.45, 7) is 5.48. The second-order valence-electron chi connectivity index (χ2n) is 5.37. The predicted molar refractivity (Wildman–Crippen MR) is 73.3 cm³/mol. The highest BCUT2D eigenvalue weighted by Crippen LogP contribution is 2.21. The van der Waals surface area contributed by atoms with Crippen molar-refractivity contribution in [2.24, 2.45) is 0 Å². The molecule has 0 aromatic carbocycles. The van der Waals surface area contributed by atoms with Gasteiger partial charge in [0.05, 0.1) is 12.2 Å². The Balaban J connectivity index is 1.92. The molecule has 1 saturated heterocycles. The molecule has 1 fully saturated rings. The third-order valence-corrected chi connectivity index (χ3v) is 5.19. The van der Waals surface area contributed by atoms with Gasteiger partial charge in [-0.15, -0.1) is 0 Å². The van der Waals surface area contributed by atoms with Crippen molar-refractivity contribution in [1.82, 2.24) is 13.5 Å². The van der Waals surface area contributed by atoms with Gasteiger partial charge >= 0.3 is 10.2 Å². The lowest BCUT2D eigenvalue weighted by Gasteiger charge is -2.34. The maximum absolute atomic E-state index is 12.4. The van der Waals surface area contributed by atoms with Gasteiger partial charge in [0.2, 0.25) is 0 Å². The van der Waals surface area contributed by atoms with Crippen LogP contribution in [0.2, 0.25) is 0 Å². The SMILES string of the molecule is CC(C)OC1CCN(S(=O)(=O)N2C=CN(C)C2)CC1. The molecule has 2 aliphatic rings. The number of nitrogens with zero attached hydrogens (tertiary/aromatic N) is 3. The van der Waals surface area contributed by atoms with Crippen LogP contribution in [-0.4, -0.2) is 60.9 Å². The summed E-state index contributed by atoms with van der Waals surface area (Å²) in [6.07, 6.45) is 5.31. The highest BCUT2D eigenvalue weighted by molar-refractivity contribution is 7.86. The van der Waals surface area contributed by atoms with Crippen LogP contribution in [0.3, 0.4) is 0 Å². The van der Waals surface area contributed by atoms with Crippen molar-refractivity contribution in [3.05, 3.63) is 12.4 Å². The van der Waals surface area contributed by atoms with Crippen LogP contribution in [0.15, 0.2) is 12.4 Å². The van der Waals surface area contributed by atoms with Crippen molar-refractivity contribution in [2.75, 3.05) is 26.8 Å². The van der Waals surface area contributed by atoms with E-state index >= 15 is 0 Å². The Morgan fingerprint density at radius 2 is 1.84 bits per heavy atom. The zero-order valence-corrected chi connectivity index (χ0v) is 12.6. The average molecular weight is 289 g/mol. The Morgan fingerprint density at radius 1 is 1.21 bits per heavy atom. The van der Waals surface area contributed by atoms with Crippen LogP contribution < -0.4 is 0 Å². The smallest absolute Gasteiger partial charge is 0.305 e. The zero-order valence-electron chi connectivity index (χ0n) is 11.8. The largest absolute Gasteiger partial charge is 0.375 e. The van der Waals surface area contributed by atoms with Crippen LogP contribution in [-0.2, 0) is 14.9 Å². The van der Waals surface area contributed by atoms with E-state index in [1.807, 2.05) is 25.8 Å². The Labute approximate surface area is 115 Å². The molecule has 0 aromatic heterocycles. The molecule has 0 N–H and O–H groups in total. The lowest BCUT2D eigenvalue weighted by atomic mass is 10.1. The topological polar surface area (TPSA) is 53.1 Å². The van der Waals surface area contributed by atoms with Crippen LogP contribution in [0.25, 0.3) is 0 Å². The Kier molecular flexibility index (Phi) is 4.37. The van der Waals surface area contributed by atoms with E-state index in [0.29, 0.717) is 19.8 Å². The molecule has 0 saturated carbocycles. The standard InChI is InChI=1S/C12H23N3O3S/c1-11(2)18-12-4-6-14(7-5-12)19(16,17)15-9-8-13(3)10-15/h8-9,11-12H,4-7,10H2,1-3H3. The Bertz CT molecular complexity index is 428. The molecular formula is C12H23N3O3S. The number of piperidine rings is 1. The molecule has 6 nitrogen and oxygen atoms in total. The average Bonchev–Trinajstić information content (AvgIpc) is 2.76. The van der Waals surface area contributed by atoms with E-state index in [4.69, 9.17) is 4.74 Å². The van der Waals surface area contributed by atoms with Crippen molar-refractivity contribution < 1.29 is 13.2 Å². The monoisotopic (exact) mass is 289 g/mol. The van der Waals surface area contributed by atoms with Gasteiger partial charge in [-0.1, -0.05) is 0 Å². The molecule has 0 amide bonds. The molecule has 7 heteroatoms. The van der Waals surface area contributed by atoms with Crippen LogP contribution in [0, 0.1) is 0 Å². The van der Waals surface area contributed by atoms with Gasteiger partial charge in [0.1, 0.15) is 6.67 Å². The van der Waals surface area contributed by atoms with Gasteiger partial charge in [-0.3, -0.25) is 0 Å². The fourth-order valence-corrected chi connectivity index (χ4v) is 3.89. The summed E-state index contributed by atoms with van der Waals surface area (Å²) in [4.78, 5) is 1.84. The molecule has 0 aromatic rings. The van der Waals surface area contributed by atoms with Crippen LogP contribution in [0.5, 0.6) is 0 Å². The summed E-state index contributed by atoms with van der Waals surface area (Å²) in [5.74, 6) is 0. The van der Waals surface area contributed by atoms with E-state index < -0.39 is 10.2 Å². The highest BCUT2D eigenvalue weighted by atomic mass is 32.2. The first-order valence-electron chi connectivity index (χ1n) is 6.70. The quantitative estimate of drug-likeness (QED) is 0.768. The maximum Gasteiger partial charge on any atom is 0.305 e. The molecule has 0 aliphatic carbocycles. The molecule has 0 radical (unpaired) electrons. The summed E-state index contributed by atoms with van der Waals surface area (Å²) in [6, 6.07) is 0. The van der Waals surface area contributed by atoms with Gasteiger partial charge in [-0.05, 0) is 26.7 Å². The van der Waals surface area contributed by atoms with Gasteiger partial charge in [0.25, 0.3) is 0 Å². The number of hydrogen-bond acceptors (Lipinski definition) is 4. The molecule has 0 unspecified atom stereocenters. The molecule has 19 heavy (non-hydrogen) atoms. The van der Waals surface area contributed by atoms with Gasteiger partial charge < -0.3 is 9.64 Å². The summed E-state index contributed by atoms with van der Waals surface area (Å²) in [5.41, 5.74) is 0. The Hall–Kier alpha value is -0.790. The highest BCUT2D eigenvalue weighted by Gasteiger charge is 2.33. The van der Waals surface area contributed by atoms with Crippen molar-refractivity contribution in [3.8, 4) is 0 Å². The Morgan fingerprint density at radius 3 is 2.32 bits per heavy atom. The van der Waals surface area contributed by atoms with Crippen LogP contribution >= 0.6 is 0 Å². The summed E-state index contributed by atoms with van der Waals surface area (Å²) in [5, 5.41) is 0. The number of ether oxygens (including phenoxy) is 1. The second-order valence-corrected chi connectivity index (χ2v) is 7.26. The number of hydrogen-bond donors (Lipinski definition) is 0. The minimum absolute atomic E-state index is 0.184. The van der Waals surface area contributed by atoms with Crippen LogP contribution in [0.1, 0.15) is 26.7 Å². The second kappa shape index (κ2) is 5.68. The van der Waals surface area contributed by atoms with Crippen molar-refractivity contribution >= 4 is 10.2 Å². The van der Waals surface area contributed by atoms with Crippen molar-refractivity contribution in [3.63, 3.8) is 0 Å². The normalized spacial score (nSPS) is 22.7. The molecule has 0 bridgehead atoms. The molecule has 0 atom stereocenters. The van der Waals surface area contributed by atoms with Gasteiger partial charge in [-0.25, -0.2) is 4.31 Å². The molecular weight excluding hydrogens is 266 g/mol. The van der Waals surface area contributed by atoms with E-state index in [9.17, 15) is 8.42 Å². The first kappa shape index (κ1) is 14.6. The van der Waals surface area contributed by atoms with E-state index in [1.54, 1.807) is 16.7 Å². The van der Waals surface area contributed by atoms with E-state index in [0.717, 1.165) is 12.8 Å². The summed E-state index contributed by atoms with van der Waals surface area (Å²) >= 11 is 0. The van der Waals surface area contributed by atoms with E-state index in [2.05, 4.69) is 0 Å². The first-order valence-corrected chi connectivity index (χ1v) is 8.10. The molecule has 2 aliphatic heterocycles. The van der Waals surface area contributed by atoms with Crippen molar-refractivity contribution in [2.45, 2.75) is 38.9 Å². The minimum atomic E-state index is -3.36. The van der Waals surface area contributed by atoms with Gasteiger partial charge in [0.15, 0.2) is 0 Å². The van der Waals surface area contributed by atoms with Gasteiger partial charge in [-0.2, -0.15) is 12.7 Å². The maximum atomic E-state index is 12.4.